The average Bonchev–Trinajstić information content (AvgIpc) is 2.29. The van der Waals surface area contributed by atoms with Crippen molar-refractivity contribution in [3.05, 3.63) is 0 Å². The molecule has 0 N–H and O–H groups in total. The average molecular weight is 336 g/mol. The highest BCUT2D eigenvalue weighted by molar-refractivity contribution is 14.1. The third kappa shape index (κ3) is 5.88. The number of halogens is 1. The summed E-state index contributed by atoms with van der Waals surface area (Å²) in [5.41, 5.74) is 0. The van der Waals surface area contributed by atoms with E-state index in [0.717, 1.165) is 15.8 Å². The highest BCUT2D eigenvalue weighted by Gasteiger charge is 2.19. The van der Waals surface area contributed by atoms with Crippen molar-refractivity contribution in [2.75, 3.05) is 0 Å². The molecule has 0 radical (unpaired) electrons. The van der Waals surface area contributed by atoms with Gasteiger partial charge in [-0.3, -0.25) is 0 Å². The zero-order valence-electron chi connectivity index (χ0n) is 11.2. The van der Waals surface area contributed by atoms with Crippen LogP contribution in [0.15, 0.2) is 0 Å². The van der Waals surface area contributed by atoms with E-state index < -0.39 is 0 Å². The van der Waals surface area contributed by atoms with Gasteiger partial charge in [0.15, 0.2) is 0 Å². The quantitative estimate of drug-likeness (QED) is 0.396. The molecule has 16 heavy (non-hydrogen) atoms. The summed E-state index contributed by atoms with van der Waals surface area (Å²) in [5.74, 6) is 2.11. The maximum Gasteiger partial charge on any atom is 0.0110 e. The fourth-order valence-electron chi connectivity index (χ4n) is 3.13. The molecule has 0 aromatic carbocycles. The van der Waals surface area contributed by atoms with Crippen LogP contribution in [0.3, 0.4) is 0 Å². The Balaban J connectivity index is 2.15. The van der Waals surface area contributed by atoms with E-state index in [-0.39, 0.29) is 0 Å². The first-order valence-corrected chi connectivity index (χ1v) is 8.64. The molecule has 1 saturated carbocycles. The molecule has 0 aromatic heterocycles. The second kappa shape index (κ2) is 8.77. The van der Waals surface area contributed by atoms with Gasteiger partial charge in [-0.1, -0.05) is 75.0 Å². The molecule has 1 heteroatoms. The maximum absolute atomic E-state index is 2.64. The highest BCUT2D eigenvalue weighted by Crippen LogP contribution is 2.33. The standard InChI is InChI=1S/C15H29I/c1-3-5-13(6-4-2)7-8-14-9-11-15(16)12-10-14/h13-15H,3-12H2,1-2H3. The van der Waals surface area contributed by atoms with Gasteiger partial charge in [0.25, 0.3) is 0 Å². The van der Waals surface area contributed by atoms with Crippen molar-refractivity contribution < 1.29 is 0 Å². The van der Waals surface area contributed by atoms with Crippen LogP contribution in [-0.4, -0.2) is 3.92 Å². The van der Waals surface area contributed by atoms with Crippen LogP contribution in [0.5, 0.6) is 0 Å². The van der Waals surface area contributed by atoms with Crippen LogP contribution in [0.1, 0.15) is 78.1 Å². The molecule has 1 aliphatic carbocycles. The molecular weight excluding hydrogens is 307 g/mol. The van der Waals surface area contributed by atoms with Crippen molar-refractivity contribution >= 4 is 22.6 Å². The van der Waals surface area contributed by atoms with Crippen molar-refractivity contribution in [1.29, 1.82) is 0 Å². The molecule has 0 aromatic rings. The number of alkyl halides is 1. The van der Waals surface area contributed by atoms with Crippen molar-refractivity contribution in [2.24, 2.45) is 11.8 Å². The molecule has 1 rings (SSSR count). The molecule has 1 fully saturated rings. The SMILES string of the molecule is CCCC(CCC)CCC1CCC(I)CC1. The second-order valence-electron chi connectivity index (χ2n) is 5.64. The molecule has 0 aliphatic heterocycles. The summed E-state index contributed by atoms with van der Waals surface area (Å²) >= 11 is 2.64. The van der Waals surface area contributed by atoms with Crippen LogP contribution in [0.2, 0.25) is 0 Å². The normalized spacial score (nSPS) is 26.2. The molecule has 0 nitrogen and oxygen atoms in total. The molecule has 0 atom stereocenters. The number of rotatable bonds is 7. The first-order chi connectivity index (χ1) is 7.76. The van der Waals surface area contributed by atoms with Crippen LogP contribution < -0.4 is 0 Å². The van der Waals surface area contributed by atoms with Gasteiger partial charge in [0.1, 0.15) is 0 Å². The summed E-state index contributed by atoms with van der Waals surface area (Å²) in [5, 5.41) is 0. The minimum Gasteiger partial charge on any atom is -0.0826 e. The Hall–Kier alpha value is 0.730. The van der Waals surface area contributed by atoms with Gasteiger partial charge in [-0.05, 0) is 37.5 Å². The lowest BCUT2D eigenvalue weighted by Crippen LogP contribution is -2.15. The van der Waals surface area contributed by atoms with E-state index in [9.17, 15) is 0 Å². The van der Waals surface area contributed by atoms with Crippen LogP contribution in [0.25, 0.3) is 0 Å². The number of hydrogen-bond acceptors (Lipinski definition) is 0. The van der Waals surface area contributed by atoms with Crippen molar-refractivity contribution in [3.8, 4) is 0 Å². The summed E-state index contributed by atoms with van der Waals surface area (Å²) in [6, 6.07) is 0. The molecule has 0 spiro atoms. The van der Waals surface area contributed by atoms with Gasteiger partial charge >= 0.3 is 0 Å². The van der Waals surface area contributed by atoms with Gasteiger partial charge in [0.2, 0.25) is 0 Å². The van der Waals surface area contributed by atoms with Crippen molar-refractivity contribution in [1.82, 2.24) is 0 Å². The van der Waals surface area contributed by atoms with Crippen molar-refractivity contribution in [2.45, 2.75) is 82.0 Å². The van der Waals surface area contributed by atoms with E-state index in [0.29, 0.717) is 0 Å². The van der Waals surface area contributed by atoms with Gasteiger partial charge in [0, 0.05) is 3.92 Å². The Kier molecular flexibility index (Phi) is 8.10. The van der Waals surface area contributed by atoms with Crippen molar-refractivity contribution in [3.63, 3.8) is 0 Å². The molecule has 1 aliphatic rings. The lowest BCUT2D eigenvalue weighted by molar-refractivity contribution is 0.300. The monoisotopic (exact) mass is 336 g/mol. The van der Waals surface area contributed by atoms with E-state index in [4.69, 9.17) is 0 Å². The first-order valence-electron chi connectivity index (χ1n) is 7.40. The number of hydrogen-bond donors (Lipinski definition) is 0. The third-order valence-electron chi connectivity index (χ3n) is 4.15. The zero-order valence-corrected chi connectivity index (χ0v) is 13.3. The minimum absolute atomic E-state index is 0.982. The van der Waals surface area contributed by atoms with E-state index in [1.807, 2.05) is 0 Å². The van der Waals surface area contributed by atoms with Crippen LogP contribution in [0.4, 0.5) is 0 Å². The van der Waals surface area contributed by atoms with E-state index in [1.165, 1.54) is 64.2 Å². The summed E-state index contributed by atoms with van der Waals surface area (Å²) in [6.45, 7) is 4.67. The molecule has 96 valence electrons. The fraction of sp³-hybridized carbons (Fsp3) is 1.00. The predicted molar refractivity (Wildman–Crippen MR) is 82.3 cm³/mol. The molecule has 0 unspecified atom stereocenters. The minimum atomic E-state index is 0.982. The van der Waals surface area contributed by atoms with Crippen LogP contribution >= 0.6 is 22.6 Å². The lowest BCUT2D eigenvalue weighted by Gasteiger charge is -2.26. The zero-order chi connectivity index (χ0) is 11.8. The lowest BCUT2D eigenvalue weighted by atomic mass is 9.82. The summed E-state index contributed by atoms with van der Waals surface area (Å²) in [6.07, 6.45) is 14.7. The van der Waals surface area contributed by atoms with E-state index >= 15 is 0 Å². The smallest absolute Gasteiger partial charge is 0.0110 e. The Morgan fingerprint density at radius 1 is 0.938 bits per heavy atom. The second-order valence-corrected chi connectivity index (χ2v) is 7.40. The molecule has 0 bridgehead atoms. The maximum atomic E-state index is 2.64. The summed E-state index contributed by atoms with van der Waals surface area (Å²) in [4.78, 5) is 0. The van der Waals surface area contributed by atoms with Gasteiger partial charge in [-0.15, -0.1) is 0 Å². The Bertz CT molecular complexity index is 153. The van der Waals surface area contributed by atoms with Crippen LogP contribution in [0, 0.1) is 11.8 Å². The van der Waals surface area contributed by atoms with Gasteiger partial charge in [-0.2, -0.15) is 0 Å². The summed E-state index contributed by atoms with van der Waals surface area (Å²) in [7, 11) is 0. The first kappa shape index (κ1) is 14.8. The Labute approximate surface area is 116 Å². The molecular formula is C15H29I. The fourth-order valence-corrected chi connectivity index (χ4v) is 3.85. The van der Waals surface area contributed by atoms with E-state index in [2.05, 4.69) is 36.4 Å². The molecule has 0 saturated heterocycles. The third-order valence-corrected chi connectivity index (χ3v) is 5.40. The Morgan fingerprint density at radius 2 is 1.50 bits per heavy atom. The van der Waals surface area contributed by atoms with E-state index in [1.54, 1.807) is 0 Å². The largest absolute Gasteiger partial charge is 0.0826 e. The molecule has 0 amide bonds. The van der Waals surface area contributed by atoms with Gasteiger partial charge in [-0.25, -0.2) is 0 Å². The Morgan fingerprint density at radius 3 is 2.00 bits per heavy atom. The van der Waals surface area contributed by atoms with Gasteiger partial charge in [0.05, 0.1) is 0 Å². The topological polar surface area (TPSA) is 0 Å². The van der Waals surface area contributed by atoms with Crippen LogP contribution in [-0.2, 0) is 0 Å². The molecule has 0 heterocycles. The van der Waals surface area contributed by atoms with Gasteiger partial charge < -0.3 is 0 Å². The summed E-state index contributed by atoms with van der Waals surface area (Å²) < 4.78 is 0.982. The predicted octanol–water partition coefficient (Wildman–Crippen LogP) is 5.98. The highest BCUT2D eigenvalue weighted by atomic mass is 127.